The van der Waals surface area contributed by atoms with E-state index in [1.807, 2.05) is 0 Å². The summed E-state index contributed by atoms with van der Waals surface area (Å²) in [5.74, 6) is -2.64. The number of carbonyl (C=O) groups is 2. The van der Waals surface area contributed by atoms with Gasteiger partial charge in [0.2, 0.25) is 10.0 Å². The normalized spacial score (nSPS) is 19.0. The number of rotatable bonds is 4. The lowest BCUT2D eigenvalue weighted by Crippen LogP contribution is -2.40. The SMILES string of the molecule is COC(=O)c1ccc(S(=O)(=O)N2CCC[C@@H]2C(=O)O)cc1C(F)(F)F. The van der Waals surface area contributed by atoms with Gasteiger partial charge in [0, 0.05) is 6.54 Å². The number of esters is 1. The molecule has 0 radical (unpaired) electrons. The van der Waals surface area contributed by atoms with Gasteiger partial charge in [0.1, 0.15) is 6.04 Å². The summed E-state index contributed by atoms with van der Waals surface area (Å²) in [5.41, 5.74) is -2.29. The van der Waals surface area contributed by atoms with Gasteiger partial charge in [-0.05, 0) is 31.0 Å². The molecule has 7 nitrogen and oxygen atoms in total. The average molecular weight is 381 g/mol. The molecule has 0 aliphatic carbocycles. The third-order valence-electron chi connectivity index (χ3n) is 3.80. The molecule has 0 unspecified atom stereocenters. The summed E-state index contributed by atoms with van der Waals surface area (Å²) in [6.07, 6.45) is -4.64. The van der Waals surface area contributed by atoms with Crippen molar-refractivity contribution in [2.45, 2.75) is 30.0 Å². The van der Waals surface area contributed by atoms with E-state index in [1.165, 1.54) is 0 Å². The molecule has 1 atom stereocenters. The van der Waals surface area contributed by atoms with Crippen LogP contribution in [0, 0.1) is 0 Å². The van der Waals surface area contributed by atoms with E-state index in [0.29, 0.717) is 16.4 Å². The molecule has 138 valence electrons. The Kier molecular flexibility index (Phi) is 5.09. The number of carbonyl (C=O) groups excluding carboxylic acids is 1. The lowest BCUT2D eigenvalue weighted by atomic mass is 10.1. The second-order valence-electron chi connectivity index (χ2n) is 5.31. The third kappa shape index (κ3) is 3.61. The Morgan fingerprint density at radius 3 is 2.48 bits per heavy atom. The van der Waals surface area contributed by atoms with Crippen LogP contribution in [-0.4, -0.2) is 49.5 Å². The van der Waals surface area contributed by atoms with E-state index in [0.717, 1.165) is 13.2 Å². The average Bonchev–Trinajstić information content (AvgIpc) is 3.03. The lowest BCUT2D eigenvalue weighted by molar-refractivity contribution is -0.141. The zero-order valence-electron chi connectivity index (χ0n) is 12.9. The monoisotopic (exact) mass is 381 g/mol. The topological polar surface area (TPSA) is 101 Å². The van der Waals surface area contributed by atoms with Crippen LogP contribution in [0.4, 0.5) is 13.2 Å². The van der Waals surface area contributed by atoms with Crippen LogP contribution in [0.3, 0.4) is 0 Å². The van der Waals surface area contributed by atoms with Crippen molar-refractivity contribution in [1.82, 2.24) is 4.31 Å². The Hall–Kier alpha value is -2.14. The van der Waals surface area contributed by atoms with Crippen molar-refractivity contribution in [3.05, 3.63) is 29.3 Å². The Balaban J connectivity index is 2.56. The zero-order valence-corrected chi connectivity index (χ0v) is 13.7. The predicted molar refractivity (Wildman–Crippen MR) is 77.3 cm³/mol. The van der Waals surface area contributed by atoms with Gasteiger partial charge < -0.3 is 9.84 Å². The molecule has 11 heteroatoms. The molecule has 1 aromatic carbocycles. The van der Waals surface area contributed by atoms with Crippen molar-refractivity contribution in [1.29, 1.82) is 0 Å². The minimum absolute atomic E-state index is 0.0704. The molecule has 0 aromatic heterocycles. The summed E-state index contributed by atoms with van der Waals surface area (Å²) in [6.45, 7) is -0.112. The first kappa shape index (κ1) is 19.2. The van der Waals surface area contributed by atoms with Gasteiger partial charge in [0.05, 0.1) is 23.1 Å². The fraction of sp³-hybridized carbons (Fsp3) is 0.429. The van der Waals surface area contributed by atoms with Crippen molar-refractivity contribution in [3.8, 4) is 0 Å². The maximum absolute atomic E-state index is 13.2. The molecule has 1 aliphatic rings. The fourth-order valence-electron chi connectivity index (χ4n) is 2.62. The highest BCUT2D eigenvalue weighted by molar-refractivity contribution is 7.89. The summed E-state index contributed by atoms with van der Waals surface area (Å²) in [5, 5.41) is 9.08. The second kappa shape index (κ2) is 6.64. The van der Waals surface area contributed by atoms with Crippen molar-refractivity contribution >= 4 is 22.0 Å². The molecule has 1 aromatic rings. The molecule has 2 rings (SSSR count). The van der Waals surface area contributed by atoms with Crippen molar-refractivity contribution < 1.29 is 41.0 Å². The van der Waals surface area contributed by atoms with Crippen LogP contribution in [0.1, 0.15) is 28.8 Å². The van der Waals surface area contributed by atoms with E-state index >= 15 is 0 Å². The second-order valence-corrected chi connectivity index (χ2v) is 7.20. The summed E-state index contributed by atoms with van der Waals surface area (Å²) in [7, 11) is -3.57. The quantitative estimate of drug-likeness (QED) is 0.797. The van der Waals surface area contributed by atoms with Gasteiger partial charge in [-0.15, -0.1) is 0 Å². The maximum atomic E-state index is 13.2. The molecule has 0 bridgehead atoms. The Bertz CT molecular complexity index is 805. The molecular weight excluding hydrogens is 367 g/mol. The molecule has 1 saturated heterocycles. The van der Waals surface area contributed by atoms with Crippen LogP contribution in [0.15, 0.2) is 23.1 Å². The molecule has 1 aliphatic heterocycles. The van der Waals surface area contributed by atoms with Gasteiger partial charge in [-0.3, -0.25) is 4.79 Å². The highest BCUT2D eigenvalue weighted by Gasteiger charge is 2.42. The number of aliphatic carboxylic acids is 1. The molecular formula is C14H14F3NO6S. The molecule has 1 fully saturated rings. The standard InChI is InChI=1S/C14H14F3NO6S/c1-24-13(21)9-5-4-8(7-10(9)14(15,16)17)25(22,23)18-6-2-3-11(18)12(19)20/h4-5,7,11H,2-3,6H2,1H3,(H,19,20)/t11-/m1/s1. The Morgan fingerprint density at radius 1 is 1.32 bits per heavy atom. The number of carboxylic acid groups (broad SMARTS) is 1. The molecule has 0 saturated carbocycles. The van der Waals surface area contributed by atoms with E-state index in [2.05, 4.69) is 4.74 Å². The highest BCUT2D eigenvalue weighted by Crippen LogP contribution is 2.35. The number of hydrogen-bond acceptors (Lipinski definition) is 5. The number of carboxylic acids is 1. The predicted octanol–water partition coefficient (Wildman–Crippen LogP) is 1.73. The van der Waals surface area contributed by atoms with Gasteiger partial charge in [0.25, 0.3) is 0 Å². The van der Waals surface area contributed by atoms with E-state index in [-0.39, 0.29) is 19.4 Å². The Labute approximate surface area is 141 Å². The summed E-state index contributed by atoms with van der Waals surface area (Å²) >= 11 is 0. The number of halogens is 3. The van der Waals surface area contributed by atoms with Crippen molar-refractivity contribution in [2.75, 3.05) is 13.7 Å². The third-order valence-corrected chi connectivity index (χ3v) is 5.70. The van der Waals surface area contributed by atoms with E-state index < -0.39 is 50.2 Å². The van der Waals surface area contributed by atoms with Crippen LogP contribution in [-0.2, 0) is 25.7 Å². The molecule has 0 amide bonds. The minimum atomic E-state index is -4.99. The molecule has 1 N–H and O–H groups in total. The van der Waals surface area contributed by atoms with Gasteiger partial charge in [-0.2, -0.15) is 17.5 Å². The first-order valence-corrected chi connectivity index (χ1v) is 8.48. The highest BCUT2D eigenvalue weighted by atomic mass is 32.2. The van der Waals surface area contributed by atoms with Crippen molar-refractivity contribution in [3.63, 3.8) is 0 Å². The largest absolute Gasteiger partial charge is 0.480 e. The number of hydrogen-bond donors (Lipinski definition) is 1. The molecule has 25 heavy (non-hydrogen) atoms. The number of ether oxygens (including phenoxy) is 1. The summed E-state index contributed by atoms with van der Waals surface area (Å²) < 4.78 is 69.6. The minimum Gasteiger partial charge on any atom is -0.480 e. The first-order valence-electron chi connectivity index (χ1n) is 7.04. The number of sulfonamides is 1. The van der Waals surface area contributed by atoms with Crippen LogP contribution < -0.4 is 0 Å². The maximum Gasteiger partial charge on any atom is 0.417 e. The van der Waals surface area contributed by atoms with Crippen LogP contribution in [0.25, 0.3) is 0 Å². The smallest absolute Gasteiger partial charge is 0.417 e. The fourth-order valence-corrected chi connectivity index (χ4v) is 4.29. The van der Waals surface area contributed by atoms with Gasteiger partial charge in [0.15, 0.2) is 0 Å². The van der Waals surface area contributed by atoms with Gasteiger partial charge in [-0.25, -0.2) is 13.2 Å². The van der Waals surface area contributed by atoms with Crippen LogP contribution >= 0.6 is 0 Å². The van der Waals surface area contributed by atoms with Crippen molar-refractivity contribution in [2.24, 2.45) is 0 Å². The lowest BCUT2D eigenvalue weighted by Gasteiger charge is -2.22. The van der Waals surface area contributed by atoms with Gasteiger partial charge in [-0.1, -0.05) is 0 Å². The first-order chi connectivity index (χ1) is 11.5. The number of alkyl halides is 3. The van der Waals surface area contributed by atoms with E-state index in [4.69, 9.17) is 5.11 Å². The number of benzene rings is 1. The summed E-state index contributed by atoms with van der Waals surface area (Å²) in [4.78, 5) is 21.9. The zero-order chi connectivity index (χ0) is 19.0. The Morgan fingerprint density at radius 2 is 1.96 bits per heavy atom. The van der Waals surface area contributed by atoms with Crippen LogP contribution in [0.2, 0.25) is 0 Å². The number of nitrogens with zero attached hydrogens (tertiary/aromatic N) is 1. The molecule has 0 spiro atoms. The van der Waals surface area contributed by atoms with E-state index in [9.17, 15) is 31.2 Å². The van der Waals surface area contributed by atoms with E-state index in [1.54, 1.807) is 0 Å². The number of methoxy groups -OCH3 is 1. The van der Waals surface area contributed by atoms with Gasteiger partial charge >= 0.3 is 18.1 Å². The van der Waals surface area contributed by atoms with Crippen LogP contribution in [0.5, 0.6) is 0 Å². The molecule has 1 heterocycles. The summed E-state index contributed by atoms with van der Waals surface area (Å²) in [6, 6.07) is 0.514.